The van der Waals surface area contributed by atoms with Gasteiger partial charge in [0.05, 0.1) is 0 Å². The average molecular weight is 841 g/mol. The topological polar surface area (TPSA) is 24.1 Å². The van der Waals surface area contributed by atoms with Crippen LogP contribution in [0, 0.1) is 13.8 Å². The minimum absolute atomic E-state index is 1.11. The molecular formula is C62H68N2. The van der Waals surface area contributed by atoms with Gasteiger partial charge < -0.3 is 10.6 Å². The van der Waals surface area contributed by atoms with E-state index in [0.29, 0.717) is 0 Å². The smallest absolute Gasteiger partial charge is 0.0386 e. The van der Waals surface area contributed by atoms with Gasteiger partial charge in [-0.15, -0.1) is 0 Å². The monoisotopic (exact) mass is 841 g/mol. The van der Waals surface area contributed by atoms with Gasteiger partial charge in [-0.25, -0.2) is 0 Å². The van der Waals surface area contributed by atoms with Crippen LogP contribution in [-0.2, 0) is 12.8 Å². The first-order chi connectivity index (χ1) is 31.4. The van der Waals surface area contributed by atoms with Crippen molar-refractivity contribution in [1.82, 2.24) is 0 Å². The quantitative estimate of drug-likeness (QED) is 0.0705. The van der Waals surface area contributed by atoms with E-state index in [1.165, 1.54) is 154 Å². The Morgan fingerprint density at radius 3 is 1.14 bits per heavy atom. The SMILES string of the molecule is CCCCCCCCc1cccc(Nc2ccc(-c3ccc4c(-c5c(C)ccc6cc(-c7ccc(Nc8cccc(CCCCCCCC)c8)cc7)ccc56)c(C)ccc4c3)cc2)c1. The molecule has 0 bridgehead atoms. The maximum Gasteiger partial charge on any atom is 0.0386 e. The normalized spacial score (nSPS) is 11.4. The van der Waals surface area contributed by atoms with Gasteiger partial charge in [0.25, 0.3) is 0 Å². The lowest BCUT2D eigenvalue weighted by atomic mass is 9.86. The van der Waals surface area contributed by atoms with E-state index < -0.39 is 0 Å². The maximum atomic E-state index is 3.65. The van der Waals surface area contributed by atoms with Crippen molar-refractivity contribution in [3.8, 4) is 33.4 Å². The van der Waals surface area contributed by atoms with Gasteiger partial charge >= 0.3 is 0 Å². The second-order valence-electron chi connectivity index (χ2n) is 18.2. The molecular weight excluding hydrogens is 773 g/mol. The molecule has 0 saturated heterocycles. The Morgan fingerprint density at radius 2 is 0.719 bits per heavy atom. The summed E-state index contributed by atoms with van der Waals surface area (Å²) >= 11 is 0. The van der Waals surface area contributed by atoms with Crippen molar-refractivity contribution in [2.24, 2.45) is 0 Å². The molecule has 0 aliphatic heterocycles. The van der Waals surface area contributed by atoms with Crippen molar-refractivity contribution >= 4 is 44.3 Å². The van der Waals surface area contributed by atoms with Crippen LogP contribution in [0.15, 0.2) is 158 Å². The third-order valence-corrected chi connectivity index (χ3v) is 13.2. The lowest BCUT2D eigenvalue weighted by Gasteiger charge is -2.17. The first-order valence-electron chi connectivity index (χ1n) is 24.5. The van der Waals surface area contributed by atoms with E-state index in [-0.39, 0.29) is 0 Å². The Morgan fingerprint density at radius 1 is 0.328 bits per heavy atom. The molecule has 0 saturated carbocycles. The Hall–Kier alpha value is -6.12. The highest BCUT2D eigenvalue weighted by Crippen LogP contribution is 2.41. The van der Waals surface area contributed by atoms with E-state index in [1.807, 2.05) is 0 Å². The number of hydrogen-bond acceptors (Lipinski definition) is 2. The van der Waals surface area contributed by atoms with Crippen molar-refractivity contribution in [1.29, 1.82) is 0 Å². The third-order valence-electron chi connectivity index (χ3n) is 13.2. The summed E-state index contributed by atoms with van der Waals surface area (Å²) in [6, 6.07) is 58.8. The lowest BCUT2D eigenvalue weighted by molar-refractivity contribution is 0.607. The van der Waals surface area contributed by atoms with Crippen molar-refractivity contribution in [3.05, 3.63) is 180 Å². The van der Waals surface area contributed by atoms with Gasteiger partial charge in [0.15, 0.2) is 0 Å². The number of hydrogen-bond donors (Lipinski definition) is 2. The summed E-state index contributed by atoms with van der Waals surface area (Å²) in [6.45, 7) is 9.08. The van der Waals surface area contributed by atoms with Gasteiger partial charge in [-0.05, 0) is 177 Å². The van der Waals surface area contributed by atoms with Crippen LogP contribution in [0.5, 0.6) is 0 Å². The molecule has 0 fully saturated rings. The summed E-state index contributed by atoms with van der Waals surface area (Å²) in [5, 5.41) is 12.4. The van der Waals surface area contributed by atoms with Crippen molar-refractivity contribution in [3.63, 3.8) is 0 Å². The maximum absolute atomic E-state index is 3.65. The number of benzene rings is 8. The van der Waals surface area contributed by atoms with E-state index in [4.69, 9.17) is 0 Å². The van der Waals surface area contributed by atoms with Gasteiger partial charge in [0, 0.05) is 22.7 Å². The molecule has 8 rings (SSSR count). The zero-order chi connectivity index (χ0) is 44.1. The molecule has 8 aromatic carbocycles. The van der Waals surface area contributed by atoms with E-state index in [0.717, 1.165) is 35.6 Å². The van der Waals surface area contributed by atoms with Crippen LogP contribution in [0.4, 0.5) is 22.7 Å². The van der Waals surface area contributed by atoms with E-state index in [2.05, 4.69) is 196 Å². The third kappa shape index (κ3) is 11.3. The fourth-order valence-corrected chi connectivity index (χ4v) is 9.55. The van der Waals surface area contributed by atoms with Gasteiger partial charge in [-0.1, -0.05) is 175 Å². The molecule has 64 heavy (non-hydrogen) atoms. The fraction of sp³-hybridized carbons (Fsp3) is 0.290. The number of rotatable bonds is 21. The first kappa shape index (κ1) is 44.5. The second kappa shape index (κ2) is 22.0. The number of nitrogens with one attached hydrogen (secondary N) is 2. The summed E-state index contributed by atoms with van der Waals surface area (Å²) in [5.74, 6) is 0. The highest BCUT2D eigenvalue weighted by atomic mass is 14.9. The lowest BCUT2D eigenvalue weighted by Crippen LogP contribution is -1.93. The van der Waals surface area contributed by atoms with E-state index in [9.17, 15) is 0 Å². The van der Waals surface area contributed by atoms with Crippen molar-refractivity contribution < 1.29 is 0 Å². The predicted molar refractivity (Wildman–Crippen MR) is 281 cm³/mol. The van der Waals surface area contributed by atoms with Gasteiger partial charge in [0.2, 0.25) is 0 Å². The highest BCUT2D eigenvalue weighted by molar-refractivity contribution is 6.09. The Labute approximate surface area is 384 Å². The van der Waals surface area contributed by atoms with Crippen molar-refractivity contribution in [2.75, 3.05) is 10.6 Å². The average Bonchev–Trinajstić information content (AvgIpc) is 3.32. The number of fused-ring (bicyclic) bond motifs is 2. The van der Waals surface area contributed by atoms with Crippen LogP contribution in [0.3, 0.4) is 0 Å². The molecule has 2 nitrogen and oxygen atoms in total. The zero-order valence-electron chi connectivity index (χ0n) is 38.9. The molecule has 0 aliphatic carbocycles. The van der Waals surface area contributed by atoms with Crippen LogP contribution < -0.4 is 10.6 Å². The van der Waals surface area contributed by atoms with Crippen LogP contribution >= 0.6 is 0 Å². The largest absolute Gasteiger partial charge is 0.356 e. The Kier molecular flexibility index (Phi) is 15.3. The molecule has 2 heteroatoms. The molecule has 2 N–H and O–H groups in total. The van der Waals surface area contributed by atoms with Crippen LogP contribution in [0.25, 0.3) is 54.9 Å². The Bertz CT molecular complexity index is 2570. The highest BCUT2D eigenvalue weighted by Gasteiger charge is 2.15. The van der Waals surface area contributed by atoms with Gasteiger partial charge in [-0.2, -0.15) is 0 Å². The molecule has 0 atom stereocenters. The second-order valence-corrected chi connectivity index (χ2v) is 18.2. The van der Waals surface area contributed by atoms with E-state index >= 15 is 0 Å². The summed E-state index contributed by atoms with van der Waals surface area (Å²) in [7, 11) is 0. The molecule has 326 valence electrons. The fourth-order valence-electron chi connectivity index (χ4n) is 9.55. The van der Waals surface area contributed by atoms with Crippen molar-refractivity contribution in [2.45, 2.75) is 118 Å². The predicted octanol–water partition coefficient (Wildman–Crippen LogP) is 18.9. The van der Waals surface area contributed by atoms with Gasteiger partial charge in [-0.3, -0.25) is 0 Å². The molecule has 0 aliphatic rings. The molecule has 0 spiro atoms. The van der Waals surface area contributed by atoms with E-state index in [1.54, 1.807) is 0 Å². The molecule has 0 unspecified atom stereocenters. The standard InChI is InChI=1S/C62H68N2/c1-5-7-9-11-13-15-19-47-21-17-23-57(41-47)63-55-35-29-49(30-36-55)51-33-39-59-53(43-51)27-25-45(3)61(59)62-46(4)26-28-54-44-52(34-40-60(54)62)50-31-37-56(38-32-50)64-58-24-18-22-48(42-58)20-16-14-12-10-8-6-2/h17-18,21-44,63-64H,5-16,19-20H2,1-4H3. The first-order valence-corrected chi connectivity index (χ1v) is 24.5. The Balaban J connectivity index is 0.955. The van der Waals surface area contributed by atoms with Crippen LogP contribution in [0.2, 0.25) is 0 Å². The van der Waals surface area contributed by atoms with Crippen LogP contribution in [-0.4, -0.2) is 0 Å². The molecule has 0 aromatic heterocycles. The number of anilines is 4. The minimum Gasteiger partial charge on any atom is -0.356 e. The molecule has 0 radical (unpaired) electrons. The molecule has 8 aromatic rings. The van der Waals surface area contributed by atoms with Gasteiger partial charge in [0.1, 0.15) is 0 Å². The summed E-state index contributed by atoms with van der Waals surface area (Å²) in [6.07, 6.45) is 18.2. The summed E-state index contributed by atoms with van der Waals surface area (Å²) < 4.78 is 0. The molecule has 0 amide bonds. The molecule has 0 heterocycles. The van der Waals surface area contributed by atoms with Crippen LogP contribution in [0.1, 0.15) is 113 Å². The minimum atomic E-state index is 1.11. The zero-order valence-corrected chi connectivity index (χ0v) is 38.9. The number of aryl methyl sites for hydroxylation is 4. The summed E-state index contributed by atoms with van der Waals surface area (Å²) in [4.78, 5) is 0. The number of unbranched alkanes of at least 4 members (excludes halogenated alkanes) is 10. The summed E-state index contributed by atoms with van der Waals surface area (Å²) in [5.41, 5.74) is 17.5.